The van der Waals surface area contributed by atoms with Crippen LogP contribution in [0.5, 0.6) is 0 Å². The molecule has 0 aliphatic heterocycles. The highest BCUT2D eigenvalue weighted by atomic mass is 32.2. The molecular formula is C27H28N2O5S. The van der Waals surface area contributed by atoms with Crippen molar-refractivity contribution in [1.29, 1.82) is 0 Å². The number of hydrogen-bond acceptors (Lipinski definition) is 5. The molecule has 35 heavy (non-hydrogen) atoms. The maximum atomic E-state index is 13.3. The number of anilines is 1. The number of esters is 1. The van der Waals surface area contributed by atoms with Gasteiger partial charge in [0, 0.05) is 0 Å². The minimum atomic E-state index is -3.99. The van der Waals surface area contributed by atoms with Crippen LogP contribution in [-0.2, 0) is 19.6 Å². The lowest BCUT2D eigenvalue weighted by Crippen LogP contribution is -2.37. The highest BCUT2D eigenvalue weighted by Crippen LogP contribution is 2.24. The molecule has 8 heteroatoms. The Morgan fingerprint density at radius 2 is 1.60 bits per heavy atom. The number of amides is 1. The topological polar surface area (TPSA) is 92.8 Å². The molecule has 0 aliphatic rings. The van der Waals surface area contributed by atoms with Crippen LogP contribution in [0.1, 0.15) is 35.8 Å². The summed E-state index contributed by atoms with van der Waals surface area (Å²) < 4.78 is 33.2. The van der Waals surface area contributed by atoms with Gasteiger partial charge >= 0.3 is 5.97 Å². The van der Waals surface area contributed by atoms with E-state index in [1.165, 1.54) is 41.6 Å². The van der Waals surface area contributed by atoms with Crippen LogP contribution in [-0.4, -0.2) is 32.9 Å². The number of hydrogen-bond donors (Lipinski definition) is 1. The van der Waals surface area contributed by atoms with Crippen LogP contribution < -0.4 is 9.62 Å². The average Bonchev–Trinajstić information content (AvgIpc) is 2.88. The highest BCUT2D eigenvalue weighted by Gasteiger charge is 2.26. The van der Waals surface area contributed by atoms with Gasteiger partial charge in [0.15, 0.2) is 6.10 Å². The fourth-order valence-corrected chi connectivity index (χ4v) is 4.88. The van der Waals surface area contributed by atoms with Crippen LogP contribution in [0.2, 0.25) is 0 Å². The number of sulfonamides is 1. The molecule has 0 bridgehead atoms. The number of nitrogens with zero attached hydrogens (tertiary/aromatic N) is 1. The molecule has 182 valence electrons. The Bertz CT molecular complexity index is 1280. The van der Waals surface area contributed by atoms with Crippen molar-refractivity contribution in [3.63, 3.8) is 0 Å². The molecule has 0 saturated heterocycles. The molecule has 0 fully saturated rings. The molecule has 0 spiro atoms. The maximum absolute atomic E-state index is 13.3. The van der Waals surface area contributed by atoms with Gasteiger partial charge < -0.3 is 10.1 Å². The van der Waals surface area contributed by atoms with E-state index >= 15 is 0 Å². The summed E-state index contributed by atoms with van der Waals surface area (Å²) in [5.41, 5.74) is 1.41. The second-order valence-electron chi connectivity index (χ2n) is 7.88. The molecule has 3 aromatic carbocycles. The van der Waals surface area contributed by atoms with Crippen molar-refractivity contribution in [1.82, 2.24) is 5.32 Å². The number of carbonyl (C=O) groups excluding carboxylic acids is 2. The standard InChI is InChI=1S/C27H28N2O5S/c1-4-18-29(24-15-9-6-10-16-24)35(32,33)25-17-11-14-23(19-25)27(31)34-21(3)26(30)28-20(2)22-12-7-5-8-13-22/h4-17,19-21H,1,18H2,2-3H3,(H,28,30). The molecule has 1 amide bonds. The Morgan fingerprint density at radius 3 is 2.23 bits per heavy atom. The first kappa shape index (κ1) is 25.7. The molecule has 0 saturated carbocycles. The van der Waals surface area contributed by atoms with Crippen molar-refractivity contribution in [3.05, 3.63) is 109 Å². The zero-order valence-electron chi connectivity index (χ0n) is 19.6. The van der Waals surface area contributed by atoms with Gasteiger partial charge in [-0.25, -0.2) is 13.2 Å². The predicted molar refractivity (Wildman–Crippen MR) is 135 cm³/mol. The van der Waals surface area contributed by atoms with Gasteiger partial charge in [-0.1, -0.05) is 60.7 Å². The summed E-state index contributed by atoms with van der Waals surface area (Å²) in [6, 6.07) is 23.3. The van der Waals surface area contributed by atoms with Crippen molar-refractivity contribution >= 4 is 27.6 Å². The lowest BCUT2D eigenvalue weighted by atomic mass is 10.1. The van der Waals surface area contributed by atoms with Crippen molar-refractivity contribution < 1.29 is 22.7 Å². The monoisotopic (exact) mass is 492 g/mol. The van der Waals surface area contributed by atoms with E-state index in [4.69, 9.17) is 4.74 Å². The van der Waals surface area contributed by atoms with Gasteiger partial charge in [-0.15, -0.1) is 6.58 Å². The first-order valence-electron chi connectivity index (χ1n) is 11.1. The van der Waals surface area contributed by atoms with E-state index in [9.17, 15) is 18.0 Å². The summed E-state index contributed by atoms with van der Waals surface area (Å²) in [7, 11) is -3.99. The van der Waals surface area contributed by atoms with Crippen LogP contribution >= 0.6 is 0 Å². The number of nitrogens with one attached hydrogen (secondary N) is 1. The molecule has 0 radical (unpaired) electrons. The van der Waals surface area contributed by atoms with Gasteiger partial charge in [0.05, 0.1) is 28.7 Å². The van der Waals surface area contributed by atoms with Gasteiger partial charge in [0.25, 0.3) is 15.9 Å². The molecule has 1 N–H and O–H groups in total. The van der Waals surface area contributed by atoms with Gasteiger partial charge in [-0.3, -0.25) is 9.10 Å². The van der Waals surface area contributed by atoms with Gasteiger partial charge in [0.1, 0.15) is 0 Å². The average molecular weight is 493 g/mol. The van der Waals surface area contributed by atoms with E-state index in [-0.39, 0.29) is 23.0 Å². The first-order valence-corrected chi connectivity index (χ1v) is 12.5. The van der Waals surface area contributed by atoms with E-state index < -0.39 is 28.0 Å². The van der Waals surface area contributed by atoms with E-state index in [0.717, 1.165) is 5.56 Å². The minimum absolute atomic E-state index is 0.0217. The fraction of sp³-hybridized carbons (Fsp3) is 0.185. The zero-order valence-corrected chi connectivity index (χ0v) is 20.4. The summed E-state index contributed by atoms with van der Waals surface area (Å²) >= 11 is 0. The normalized spacial score (nSPS) is 12.7. The Balaban J connectivity index is 1.74. The van der Waals surface area contributed by atoms with E-state index in [1.54, 1.807) is 30.3 Å². The van der Waals surface area contributed by atoms with Crippen LogP contribution in [0.3, 0.4) is 0 Å². The number of carbonyl (C=O) groups is 2. The first-order chi connectivity index (χ1) is 16.7. The molecule has 0 aromatic heterocycles. The Morgan fingerprint density at radius 1 is 0.971 bits per heavy atom. The van der Waals surface area contributed by atoms with Gasteiger partial charge in [-0.2, -0.15) is 0 Å². The summed E-state index contributed by atoms with van der Waals surface area (Å²) in [6.45, 7) is 7.00. The van der Waals surface area contributed by atoms with Crippen LogP contribution in [0, 0.1) is 0 Å². The lowest BCUT2D eigenvalue weighted by molar-refractivity contribution is -0.129. The Labute approximate surface area is 206 Å². The molecular weight excluding hydrogens is 464 g/mol. The van der Waals surface area contributed by atoms with E-state index in [1.807, 2.05) is 37.3 Å². The molecule has 2 atom stereocenters. The maximum Gasteiger partial charge on any atom is 0.338 e. The molecule has 7 nitrogen and oxygen atoms in total. The minimum Gasteiger partial charge on any atom is -0.449 e. The summed E-state index contributed by atoms with van der Waals surface area (Å²) in [4.78, 5) is 25.2. The van der Waals surface area contributed by atoms with Gasteiger partial charge in [-0.05, 0) is 49.7 Å². The number of rotatable bonds is 10. The third-order valence-electron chi connectivity index (χ3n) is 5.31. The number of ether oxygens (including phenoxy) is 1. The SMILES string of the molecule is C=CCN(c1ccccc1)S(=O)(=O)c1cccc(C(=O)OC(C)C(=O)NC(C)c2ccccc2)c1. The molecule has 3 rings (SSSR count). The van der Waals surface area contributed by atoms with Crippen LogP contribution in [0.4, 0.5) is 5.69 Å². The fourth-order valence-electron chi connectivity index (χ4n) is 3.40. The quantitative estimate of drug-likeness (QED) is 0.333. The van der Waals surface area contributed by atoms with Crippen molar-refractivity contribution in [3.8, 4) is 0 Å². The van der Waals surface area contributed by atoms with E-state index in [0.29, 0.717) is 5.69 Å². The highest BCUT2D eigenvalue weighted by molar-refractivity contribution is 7.92. The second-order valence-corrected chi connectivity index (χ2v) is 9.74. The van der Waals surface area contributed by atoms with Crippen molar-refractivity contribution in [2.24, 2.45) is 0 Å². The molecule has 2 unspecified atom stereocenters. The lowest BCUT2D eigenvalue weighted by Gasteiger charge is -2.23. The number of para-hydroxylation sites is 1. The summed E-state index contributed by atoms with van der Waals surface area (Å²) in [6.07, 6.45) is 0.412. The third-order valence-corrected chi connectivity index (χ3v) is 7.10. The molecule has 0 aliphatic carbocycles. The molecule has 3 aromatic rings. The van der Waals surface area contributed by atoms with Crippen LogP contribution in [0.25, 0.3) is 0 Å². The predicted octanol–water partition coefficient (Wildman–Crippen LogP) is 4.49. The van der Waals surface area contributed by atoms with Crippen molar-refractivity contribution in [2.75, 3.05) is 10.8 Å². The summed E-state index contributed by atoms with van der Waals surface area (Å²) in [5.74, 6) is -1.26. The van der Waals surface area contributed by atoms with Crippen LogP contribution in [0.15, 0.2) is 102 Å². The number of benzene rings is 3. The molecule has 0 heterocycles. The van der Waals surface area contributed by atoms with E-state index in [2.05, 4.69) is 11.9 Å². The Kier molecular flexibility index (Phi) is 8.43. The third kappa shape index (κ3) is 6.36. The largest absolute Gasteiger partial charge is 0.449 e. The smallest absolute Gasteiger partial charge is 0.338 e. The Hall–Kier alpha value is -3.91. The van der Waals surface area contributed by atoms with Gasteiger partial charge in [0.2, 0.25) is 0 Å². The van der Waals surface area contributed by atoms with Crippen molar-refractivity contribution in [2.45, 2.75) is 30.9 Å². The second kappa shape index (κ2) is 11.5. The summed E-state index contributed by atoms with van der Waals surface area (Å²) in [5, 5.41) is 2.81. The zero-order chi connectivity index (χ0) is 25.4.